The SMILES string of the molecule is CC(O)CN(C/C=C/c1ccccc1[N+](=O)[O-])C(C)C. The monoisotopic (exact) mass is 278 g/mol. The second-order valence-electron chi connectivity index (χ2n) is 5.11. The van der Waals surface area contributed by atoms with Crippen LogP contribution in [0.4, 0.5) is 5.69 Å². The number of para-hydroxylation sites is 1. The first-order chi connectivity index (χ1) is 9.41. The largest absolute Gasteiger partial charge is 0.392 e. The third kappa shape index (κ3) is 5.11. The minimum atomic E-state index is -0.392. The van der Waals surface area contributed by atoms with Crippen LogP contribution in [0.15, 0.2) is 30.3 Å². The van der Waals surface area contributed by atoms with Gasteiger partial charge < -0.3 is 5.11 Å². The molecule has 1 atom stereocenters. The highest BCUT2D eigenvalue weighted by molar-refractivity contribution is 5.60. The summed E-state index contributed by atoms with van der Waals surface area (Å²) in [5, 5.41) is 20.4. The van der Waals surface area contributed by atoms with Crippen LogP contribution in [0, 0.1) is 10.1 Å². The van der Waals surface area contributed by atoms with E-state index in [4.69, 9.17) is 0 Å². The van der Waals surface area contributed by atoms with Crippen molar-refractivity contribution >= 4 is 11.8 Å². The van der Waals surface area contributed by atoms with Crippen LogP contribution in [0.1, 0.15) is 26.3 Å². The average molecular weight is 278 g/mol. The number of nitro benzene ring substituents is 1. The van der Waals surface area contributed by atoms with Gasteiger partial charge in [0.25, 0.3) is 5.69 Å². The fourth-order valence-corrected chi connectivity index (χ4v) is 1.95. The number of aliphatic hydroxyl groups excluding tert-OH is 1. The molecule has 5 nitrogen and oxygen atoms in total. The van der Waals surface area contributed by atoms with Gasteiger partial charge in [-0.1, -0.05) is 24.3 Å². The molecule has 0 aliphatic heterocycles. The molecular weight excluding hydrogens is 256 g/mol. The Morgan fingerprint density at radius 2 is 2.00 bits per heavy atom. The molecule has 0 aliphatic rings. The van der Waals surface area contributed by atoms with E-state index < -0.39 is 6.10 Å². The maximum absolute atomic E-state index is 10.9. The molecule has 0 fully saturated rings. The molecular formula is C15H22N2O3. The van der Waals surface area contributed by atoms with E-state index in [-0.39, 0.29) is 10.6 Å². The fraction of sp³-hybridized carbons (Fsp3) is 0.467. The summed E-state index contributed by atoms with van der Waals surface area (Å²) in [5.74, 6) is 0. The molecule has 20 heavy (non-hydrogen) atoms. The summed E-state index contributed by atoms with van der Waals surface area (Å²) in [6, 6.07) is 6.96. The summed E-state index contributed by atoms with van der Waals surface area (Å²) in [4.78, 5) is 12.6. The summed E-state index contributed by atoms with van der Waals surface area (Å²) in [6.45, 7) is 7.09. The normalized spacial score (nSPS) is 13.3. The molecule has 5 heteroatoms. The molecule has 0 amide bonds. The quantitative estimate of drug-likeness (QED) is 0.615. The van der Waals surface area contributed by atoms with E-state index in [1.54, 1.807) is 31.2 Å². The van der Waals surface area contributed by atoms with Gasteiger partial charge in [0, 0.05) is 25.2 Å². The van der Waals surface area contributed by atoms with Crippen molar-refractivity contribution < 1.29 is 10.0 Å². The summed E-state index contributed by atoms with van der Waals surface area (Å²) in [6.07, 6.45) is 3.26. The Morgan fingerprint density at radius 1 is 1.35 bits per heavy atom. The van der Waals surface area contributed by atoms with Crippen LogP contribution in [0.25, 0.3) is 6.08 Å². The number of nitro groups is 1. The minimum Gasteiger partial charge on any atom is -0.392 e. The van der Waals surface area contributed by atoms with Gasteiger partial charge in [-0.2, -0.15) is 0 Å². The third-order valence-electron chi connectivity index (χ3n) is 3.00. The molecule has 0 saturated heterocycles. The van der Waals surface area contributed by atoms with Crippen LogP contribution in [0.5, 0.6) is 0 Å². The molecule has 0 bridgehead atoms. The lowest BCUT2D eigenvalue weighted by molar-refractivity contribution is -0.385. The van der Waals surface area contributed by atoms with E-state index in [0.29, 0.717) is 24.7 Å². The number of rotatable bonds is 7. The summed E-state index contributed by atoms with van der Waals surface area (Å²) < 4.78 is 0. The van der Waals surface area contributed by atoms with Gasteiger partial charge in [-0.05, 0) is 26.8 Å². The molecule has 1 aromatic carbocycles. The number of hydrogen-bond donors (Lipinski definition) is 1. The van der Waals surface area contributed by atoms with Crippen molar-refractivity contribution in [3.05, 3.63) is 46.0 Å². The molecule has 0 spiro atoms. The molecule has 1 aromatic rings. The topological polar surface area (TPSA) is 66.6 Å². The van der Waals surface area contributed by atoms with Crippen LogP contribution >= 0.6 is 0 Å². The van der Waals surface area contributed by atoms with E-state index in [0.717, 1.165) is 0 Å². The van der Waals surface area contributed by atoms with Gasteiger partial charge in [-0.3, -0.25) is 15.0 Å². The lowest BCUT2D eigenvalue weighted by Crippen LogP contribution is -2.36. The molecule has 1 N–H and O–H groups in total. The van der Waals surface area contributed by atoms with Crippen LogP contribution in [0.3, 0.4) is 0 Å². The molecule has 1 rings (SSSR count). The van der Waals surface area contributed by atoms with Crippen molar-refractivity contribution in [2.45, 2.75) is 32.9 Å². The first-order valence-electron chi connectivity index (χ1n) is 6.74. The highest BCUT2D eigenvalue weighted by Gasteiger charge is 2.11. The highest BCUT2D eigenvalue weighted by atomic mass is 16.6. The Bertz CT molecular complexity index is 470. The standard InChI is InChI=1S/C15H22N2O3/c1-12(2)16(11-13(3)18)10-6-8-14-7-4-5-9-15(14)17(19)20/h4-9,12-13,18H,10-11H2,1-3H3/b8-6+. The summed E-state index contributed by atoms with van der Waals surface area (Å²) in [5.41, 5.74) is 0.702. The van der Waals surface area contributed by atoms with Crippen molar-refractivity contribution in [2.75, 3.05) is 13.1 Å². The van der Waals surface area contributed by atoms with Gasteiger partial charge in [0.1, 0.15) is 0 Å². The zero-order chi connectivity index (χ0) is 15.1. The van der Waals surface area contributed by atoms with E-state index >= 15 is 0 Å². The maximum Gasteiger partial charge on any atom is 0.276 e. The molecule has 0 aromatic heterocycles. The molecule has 0 radical (unpaired) electrons. The predicted octanol–water partition coefficient (Wildman–Crippen LogP) is 2.70. The van der Waals surface area contributed by atoms with Crippen molar-refractivity contribution in [1.82, 2.24) is 4.90 Å². The first-order valence-corrected chi connectivity index (χ1v) is 6.74. The van der Waals surface area contributed by atoms with Gasteiger partial charge in [-0.15, -0.1) is 0 Å². The Balaban J connectivity index is 2.75. The van der Waals surface area contributed by atoms with E-state index in [1.807, 2.05) is 6.08 Å². The highest BCUT2D eigenvalue weighted by Crippen LogP contribution is 2.19. The van der Waals surface area contributed by atoms with E-state index in [2.05, 4.69) is 18.7 Å². The van der Waals surface area contributed by atoms with Crippen molar-refractivity contribution in [2.24, 2.45) is 0 Å². The van der Waals surface area contributed by atoms with Gasteiger partial charge in [0.05, 0.1) is 16.6 Å². The van der Waals surface area contributed by atoms with E-state index in [1.165, 1.54) is 6.07 Å². The second-order valence-corrected chi connectivity index (χ2v) is 5.11. The number of aliphatic hydroxyl groups is 1. The zero-order valence-electron chi connectivity index (χ0n) is 12.2. The Labute approximate surface area is 119 Å². The molecule has 0 heterocycles. The smallest absolute Gasteiger partial charge is 0.276 e. The minimum absolute atomic E-state index is 0.107. The zero-order valence-corrected chi connectivity index (χ0v) is 12.2. The third-order valence-corrected chi connectivity index (χ3v) is 3.00. The van der Waals surface area contributed by atoms with Gasteiger partial charge in [0.2, 0.25) is 0 Å². The lowest BCUT2D eigenvalue weighted by Gasteiger charge is -2.26. The lowest BCUT2D eigenvalue weighted by atomic mass is 10.1. The van der Waals surface area contributed by atoms with Crippen LogP contribution in [-0.4, -0.2) is 40.2 Å². The first kappa shape index (κ1) is 16.3. The number of nitrogens with zero attached hydrogens (tertiary/aromatic N) is 2. The van der Waals surface area contributed by atoms with Gasteiger partial charge in [-0.25, -0.2) is 0 Å². The van der Waals surface area contributed by atoms with Crippen molar-refractivity contribution in [3.8, 4) is 0 Å². The predicted molar refractivity (Wildman–Crippen MR) is 80.5 cm³/mol. The Hall–Kier alpha value is -1.72. The van der Waals surface area contributed by atoms with Crippen LogP contribution in [0.2, 0.25) is 0 Å². The maximum atomic E-state index is 10.9. The number of hydrogen-bond acceptors (Lipinski definition) is 4. The fourth-order valence-electron chi connectivity index (χ4n) is 1.95. The van der Waals surface area contributed by atoms with Crippen molar-refractivity contribution in [1.29, 1.82) is 0 Å². The average Bonchev–Trinajstić information content (AvgIpc) is 2.37. The van der Waals surface area contributed by atoms with E-state index in [9.17, 15) is 15.2 Å². The van der Waals surface area contributed by atoms with Gasteiger partial charge >= 0.3 is 0 Å². The Morgan fingerprint density at radius 3 is 2.55 bits per heavy atom. The summed E-state index contributed by atoms with van der Waals surface area (Å²) in [7, 11) is 0. The molecule has 110 valence electrons. The summed E-state index contributed by atoms with van der Waals surface area (Å²) >= 11 is 0. The number of benzene rings is 1. The second kappa shape index (κ2) is 7.77. The van der Waals surface area contributed by atoms with Crippen molar-refractivity contribution in [3.63, 3.8) is 0 Å². The molecule has 1 unspecified atom stereocenters. The molecule has 0 aliphatic carbocycles. The Kier molecular flexibility index (Phi) is 6.35. The van der Waals surface area contributed by atoms with Crippen LogP contribution in [-0.2, 0) is 0 Å². The molecule has 0 saturated carbocycles. The van der Waals surface area contributed by atoms with Gasteiger partial charge in [0.15, 0.2) is 0 Å². The van der Waals surface area contributed by atoms with Crippen LogP contribution < -0.4 is 0 Å².